The van der Waals surface area contributed by atoms with E-state index < -0.39 is 0 Å². The van der Waals surface area contributed by atoms with Gasteiger partial charge in [0.1, 0.15) is 0 Å². The predicted octanol–water partition coefficient (Wildman–Crippen LogP) is 5.19. The number of hydrogen-bond donors (Lipinski definition) is 1. The van der Waals surface area contributed by atoms with Crippen LogP contribution in [0.5, 0.6) is 0 Å². The first-order chi connectivity index (χ1) is 8.60. The quantitative estimate of drug-likeness (QED) is 0.809. The minimum Gasteiger partial charge on any atom is -0.326 e. The molecule has 0 saturated heterocycles. The summed E-state index contributed by atoms with van der Waals surface area (Å²) in [5.74, 6) is 0. The van der Waals surface area contributed by atoms with Gasteiger partial charge >= 0.3 is 0 Å². The highest BCUT2D eigenvalue weighted by Gasteiger charge is 2.02. The molecule has 0 amide bonds. The molecule has 0 aromatic heterocycles. The largest absolute Gasteiger partial charge is 0.326 e. The average molecular weight is 263 g/mol. The maximum atomic E-state index is 5.56. The maximum absolute atomic E-state index is 5.56. The van der Waals surface area contributed by atoms with Crippen molar-refractivity contribution < 1.29 is 0 Å². The van der Waals surface area contributed by atoms with Gasteiger partial charge in [-0.1, -0.05) is 68.4 Å². The third-order valence-electron chi connectivity index (χ3n) is 2.11. The lowest BCUT2D eigenvalue weighted by molar-refractivity contribution is 1.07. The van der Waals surface area contributed by atoms with E-state index in [-0.39, 0.29) is 0 Å². The fourth-order valence-electron chi connectivity index (χ4n) is 1.35. The Balaban J connectivity index is 0.000000873. The number of allylic oxidation sites excluding steroid dienone is 1. The van der Waals surface area contributed by atoms with Crippen molar-refractivity contribution in [3.8, 4) is 0 Å². The number of benzene rings is 1. The van der Waals surface area contributed by atoms with E-state index in [9.17, 15) is 0 Å². The maximum Gasteiger partial charge on any atom is 0.0178 e. The first-order valence-corrected chi connectivity index (χ1v) is 7.23. The van der Waals surface area contributed by atoms with Crippen LogP contribution in [0.3, 0.4) is 0 Å². The third kappa shape index (κ3) is 6.08. The molecule has 0 saturated carbocycles. The zero-order valence-electron chi connectivity index (χ0n) is 12.0. The summed E-state index contributed by atoms with van der Waals surface area (Å²) < 4.78 is 0. The second-order valence-corrected chi connectivity index (χ2v) is 5.20. The molecular weight excluding hydrogens is 238 g/mol. The van der Waals surface area contributed by atoms with Gasteiger partial charge in [-0.25, -0.2) is 0 Å². The SMILES string of the molecule is C=CSC(=C(C)C)c1ccc(CN)cc1.CCC. The first-order valence-electron chi connectivity index (χ1n) is 6.35. The second-order valence-electron chi connectivity index (χ2n) is 4.22. The molecule has 0 atom stereocenters. The molecule has 1 aromatic carbocycles. The van der Waals surface area contributed by atoms with Crippen LogP contribution < -0.4 is 5.73 Å². The van der Waals surface area contributed by atoms with E-state index >= 15 is 0 Å². The molecule has 0 heterocycles. The van der Waals surface area contributed by atoms with E-state index in [1.54, 1.807) is 11.8 Å². The van der Waals surface area contributed by atoms with E-state index in [1.165, 1.54) is 22.5 Å². The lowest BCUT2D eigenvalue weighted by atomic mass is 10.1. The summed E-state index contributed by atoms with van der Waals surface area (Å²) in [6.45, 7) is 12.8. The summed E-state index contributed by atoms with van der Waals surface area (Å²) in [6, 6.07) is 8.37. The molecule has 0 aliphatic rings. The number of hydrogen-bond acceptors (Lipinski definition) is 2. The van der Waals surface area contributed by atoms with Gasteiger partial charge in [-0.05, 0) is 30.4 Å². The molecule has 18 heavy (non-hydrogen) atoms. The van der Waals surface area contributed by atoms with E-state index in [2.05, 4.69) is 58.5 Å². The fourth-order valence-corrected chi connectivity index (χ4v) is 2.02. The molecule has 0 spiro atoms. The van der Waals surface area contributed by atoms with Crippen LogP contribution >= 0.6 is 11.8 Å². The van der Waals surface area contributed by atoms with Crippen molar-refractivity contribution in [2.24, 2.45) is 5.73 Å². The predicted molar refractivity (Wildman–Crippen MR) is 86.4 cm³/mol. The monoisotopic (exact) mass is 263 g/mol. The number of rotatable bonds is 4. The third-order valence-corrected chi connectivity index (χ3v) is 3.15. The van der Waals surface area contributed by atoms with E-state index in [0.29, 0.717) is 6.54 Å². The van der Waals surface area contributed by atoms with Gasteiger partial charge in [0.05, 0.1) is 0 Å². The van der Waals surface area contributed by atoms with Gasteiger partial charge in [0.25, 0.3) is 0 Å². The summed E-state index contributed by atoms with van der Waals surface area (Å²) in [5.41, 5.74) is 9.26. The topological polar surface area (TPSA) is 26.0 Å². The van der Waals surface area contributed by atoms with Crippen molar-refractivity contribution in [2.75, 3.05) is 0 Å². The van der Waals surface area contributed by atoms with Crippen molar-refractivity contribution in [3.05, 3.63) is 53.0 Å². The highest BCUT2D eigenvalue weighted by molar-refractivity contribution is 8.10. The van der Waals surface area contributed by atoms with Gasteiger partial charge in [0, 0.05) is 11.4 Å². The Kier molecular flexibility index (Phi) is 9.43. The molecule has 0 radical (unpaired) electrons. The Bertz CT molecular complexity index is 373. The van der Waals surface area contributed by atoms with Crippen LogP contribution in [0.1, 0.15) is 45.2 Å². The molecule has 0 fully saturated rings. The van der Waals surface area contributed by atoms with Crippen LogP contribution in [-0.2, 0) is 6.54 Å². The van der Waals surface area contributed by atoms with Gasteiger partial charge in [-0.3, -0.25) is 0 Å². The second kappa shape index (κ2) is 9.98. The first kappa shape index (κ1) is 17.0. The summed E-state index contributed by atoms with van der Waals surface area (Å²) >= 11 is 1.66. The van der Waals surface area contributed by atoms with E-state index in [0.717, 1.165) is 5.56 Å². The lowest BCUT2D eigenvalue weighted by Crippen LogP contribution is -1.95. The average Bonchev–Trinajstić information content (AvgIpc) is 2.37. The Morgan fingerprint density at radius 2 is 1.72 bits per heavy atom. The molecule has 1 rings (SSSR count). The zero-order chi connectivity index (χ0) is 14.0. The summed E-state index contributed by atoms with van der Waals surface area (Å²) in [5, 5.41) is 1.86. The van der Waals surface area contributed by atoms with Crippen molar-refractivity contribution in [3.63, 3.8) is 0 Å². The van der Waals surface area contributed by atoms with Gasteiger partial charge in [0.2, 0.25) is 0 Å². The molecule has 100 valence electrons. The minimum atomic E-state index is 0.596. The van der Waals surface area contributed by atoms with Crippen molar-refractivity contribution in [1.29, 1.82) is 0 Å². The van der Waals surface area contributed by atoms with Crippen LogP contribution in [-0.4, -0.2) is 0 Å². The molecule has 1 nitrogen and oxygen atoms in total. The van der Waals surface area contributed by atoms with Crippen molar-refractivity contribution in [2.45, 2.75) is 40.7 Å². The fraction of sp³-hybridized carbons (Fsp3) is 0.375. The standard InChI is InChI=1S/C13H17NS.C3H8/c1-4-15-13(10(2)3)12-7-5-11(9-14)6-8-12;1-3-2/h4-8H,1,9,14H2,2-3H3;3H2,1-2H3. The van der Waals surface area contributed by atoms with Crippen LogP contribution in [0, 0.1) is 0 Å². The van der Waals surface area contributed by atoms with Crippen LogP contribution in [0.2, 0.25) is 0 Å². The smallest absolute Gasteiger partial charge is 0.0178 e. The molecule has 0 aliphatic heterocycles. The molecule has 2 N–H and O–H groups in total. The summed E-state index contributed by atoms with van der Waals surface area (Å²) in [7, 11) is 0. The minimum absolute atomic E-state index is 0.596. The Labute approximate surface area is 116 Å². The summed E-state index contributed by atoms with van der Waals surface area (Å²) in [4.78, 5) is 1.27. The molecule has 0 unspecified atom stereocenters. The van der Waals surface area contributed by atoms with Gasteiger partial charge < -0.3 is 5.73 Å². The van der Waals surface area contributed by atoms with Gasteiger partial charge in [-0.2, -0.15) is 0 Å². The molecular formula is C16H25NS. The van der Waals surface area contributed by atoms with Crippen molar-refractivity contribution in [1.82, 2.24) is 0 Å². The van der Waals surface area contributed by atoms with Crippen LogP contribution in [0.4, 0.5) is 0 Å². The number of thioether (sulfide) groups is 1. The zero-order valence-corrected chi connectivity index (χ0v) is 12.8. The molecule has 2 heteroatoms. The highest BCUT2D eigenvalue weighted by Crippen LogP contribution is 2.31. The Hall–Kier alpha value is -0.990. The number of nitrogens with two attached hydrogens (primary N) is 1. The van der Waals surface area contributed by atoms with Gasteiger partial charge in [-0.15, -0.1) is 0 Å². The lowest BCUT2D eigenvalue weighted by Gasteiger charge is -2.07. The summed E-state index contributed by atoms with van der Waals surface area (Å²) in [6.07, 6.45) is 1.25. The van der Waals surface area contributed by atoms with Gasteiger partial charge in [0.15, 0.2) is 0 Å². The molecule has 0 aliphatic carbocycles. The Morgan fingerprint density at radius 1 is 1.22 bits per heavy atom. The molecule has 0 bridgehead atoms. The van der Waals surface area contributed by atoms with E-state index in [4.69, 9.17) is 5.73 Å². The molecule has 1 aromatic rings. The highest BCUT2D eigenvalue weighted by atomic mass is 32.2. The Morgan fingerprint density at radius 3 is 2.06 bits per heavy atom. The van der Waals surface area contributed by atoms with Crippen LogP contribution in [0.15, 0.2) is 41.8 Å². The normalized spacial score (nSPS) is 9.17. The van der Waals surface area contributed by atoms with E-state index in [1.807, 2.05) is 5.41 Å². The van der Waals surface area contributed by atoms with Crippen molar-refractivity contribution >= 4 is 16.7 Å². The van der Waals surface area contributed by atoms with Crippen LogP contribution in [0.25, 0.3) is 4.91 Å².